The van der Waals surface area contributed by atoms with E-state index in [1.807, 2.05) is 13.8 Å². The summed E-state index contributed by atoms with van der Waals surface area (Å²) in [5.41, 5.74) is 0.501. The highest BCUT2D eigenvalue weighted by molar-refractivity contribution is 14.0. The van der Waals surface area contributed by atoms with E-state index < -0.39 is 9.84 Å². The summed E-state index contributed by atoms with van der Waals surface area (Å²) in [7, 11) is -1.36. The van der Waals surface area contributed by atoms with Gasteiger partial charge < -0.3 is 15.4 Å². The van der Waals surface area contributed by atoms with Crippen molar-refractivity contribution in [2.24, 2.45) is 4.99 Å². The monoisotopic (exact) mass is 535 g/mol. The lowest BCUT2D eigenvalue weighted by Crippen LogP contribution is -2.44. The van der Waals surface area contributed by atoms with Gasteiger partial charge in [0.1, 0.15) is 15.7 Å². The van der Waals surface area contributed by atoms with E-state index in [0.717, 1.165) is 5.56 Å². The van der Waals surface area contributed by atoms with E-state index in [4.69, 9.17) is 16.3 Å². The highest BCUT2D eigenvalue weighted by Crippen LogP contribution is 2.29. The van der Waals surface area contributed by atoms with Gasteiger partial charge in [-0.3, -0.25) is 4.99 Å². The van der Waals surface area contributed by atoms with Crippen LogP contribution >= 0.6 is 35.6 Å². The molecule has 0 aliphatic carbocycles. The molecule has 0 heterocycles. The van der Waals surface area contributed by atoms with Crippen LogP contribution in [0.15, 0.2) is 23.2 Å². The van der Waals surface area contributed by atoms with Gasteiger partial charge in [0.15, 0.2) is 5.96 Å². The van der Waals surface area contributed by atoms with Crippen molar-refractivity contribution >= 4 is 51.4 Å². The second-order valence-electron chi connectivity index (χ2n) is 6.60. The number of ether oxygens (including phenoxy) is 1. The maximum Gasteiger partial charge on any atom is 0.191 e. The molecule has 1 rings (SSSR count). The Bertz CT molecular complexity index is 730. The Hall–Kier alpha value is -0.650. The largest absolute Gasteiger partial charge is 0.379 e. The number of aliphatic imine (C=N–C) groups is 1. The van der Waals surface area contributed by atoms with E-state index in [1.54, 1.807) is 13.1 Å². The van der Waals surface area contributed by atoms with Crippen molar-refractivity contribution in [1.29, 1.82) is 0 Å². The van der Waals surface area contributed by atoms with Gasteiger partial charge in [-0.05, 0) is 17.7 Å². The van der Waals surface area contributed by atoms with Gasteiger partial charge in [-0.15, -0.1) is 24.0 Å². The van der Waals surface area contributed by atoms with Crippen molar-refractivity contribution in [3.05, 3.63) is 34.6 Å². The minimum Gasteiger partial charge on any atom is -0.379 e. The minimum absolute atomic E-state index is 0. The first-order valence-corrected chi connectivity index (χ1v) is 10.6. The third-order valence-corrected chi connectivity index (χ3v) is 4.94. The summed E-state index contributed by atoms with van der Waals surface area (Å²) < 4.78 is 40.5. The minimum atomic E-state index is -3.01. The van der Waals surface area contributed by atoms with Crippen LogP contribution in [0, 0.1) is 5.82 Å². The predicted octanol–water partition coefficient (Wildman–Crippen LogP) is 2.60. The Morgan fingerprint density at radius 1 is 1.30 bits per heavy atom. The van der Waals surface area contributed by atoms with Crippen molar-refractivity contribution in [3.63, 3.8) is 0 Å². The second kappa shape index (κ2) is 12.0. The fraction of sp³-hybridized carbons (Fsp3) is 0.588. The third kappa shape index (κ3) is 10.5. The molecule has 0 saturated heterocycles. The Morgan fingerprint density at radius 3 is 2.52 bits per heavy atom. The van der Waals surface area contributed by atoms with E-state index in [1.165, 1.54) is 18.4 Å². The van der Waals surface area contributed by atoms with Crippen LogP contribution in [0.3, 0.4) is 0 Å². The van der Waals surface area contributed by atoms with E-state index in [0.29, 0.717) is 30.7 Å². The fourth-order valence-electron chi connectivity index (χ4n) is 2.21. The average molecular weight is 536 g/mol. The van der Waals surface area contributed by atoms with Crippen LogP contribution in [-0.4, -0.2) is 59.7 Å². The zero-order valence-corrected chi connectivity index (χ0v) is 19.9. The summed E-state index contributed by atoms with van der Waals surface area (Å²) in [5.74, 6) is 0.228. The first-order valence-electron chi connectivity index (χ1n) is 8.21. The molecule has 0 aromatic heterocycles. The average Bonchev–Trinajstić information content (AvgIpc) is 2.52. The molecule has 0 aliphatic rings. The molecule has 0 saturated carbocycles. The van der Waals surface area contributed by atoms with Crippen molar-refractivity contribution in [2.75, 3.05) is 45.4 Å². The smallest absolute Gasteiger partial charge is 0.191 e. The SMILES string of the molecule is CN=C(NCCOCCS(C)(=O)=O)NCC(C)(C)c1ccc(F)cc1Cl.I. The molecule has 0 fully saturated rings. The maximum absolute atomic E-state index is 13.2. The zero-order chi connectivity index (χ0) is 19.8. The highest BCUT2D eigenvalue weighted by atomic mass is 127. The number of nitrogens with one attached hydrogen (secondary N) is 2. The van der Waals surface area contributed by atoms with Crippen molar-refractivity contribution in [3.8, 4) is 0 Å². The molecule has 0 spiro atoms. The highest BCUT2D eigenvalue weighted by Gasteiger charge is 2.24. The van der Waals surface area contributed by atoms with Gasteiger partial charge in [0.05, 0.1) is 19.0 Å². The van der Waals surface area contributed by atoms with Crippen molar-refractivity contribution < 1.29 is 17.5 Å². The van der Waals surface area contributed by atoms with Gasteiger partial charge in [0, 0.05) is 36.8 Å². The summed E-state index contributed by atoms with van der Waals surface area (Å²) >= 11 is 6.15. The van der Waals surface area contributed by atoms with E-state index in [-0.39, 0.29) is 47.6 Å². The lowest BCUT2D eigenvalue weighted by molar-refractivity contribution is 0.154. The van der Waals surface area contributed by atoms with Crippen LogP contribution < -0.4 is 10.6 Å². The van der Waals surface area contributed by atoms with E-state index >= 15 is 0 Å². The number of benzene rings is 1. The summed E-state index contributed by atoms with van der Waals surface area (Å²) in [4.78, 5) is 4.13. The fourth-order valence-corrected chi connectivity index (χ4v) is 3.06. The molecule has 0 aliphatic heterocycles. The van der Waals surface area contributed by atoms with Crippen LogP contribution in [-0.2, 0) is 20.0 Å². The molecule has 27 heavy (non-hydrogen) atoms. The van der Waals surface area contributed by atoms with Gasteiger partial charge in [-0.25, -0.2) is 12.8 Å². The molecular formula is C17H28ClFIN3O3S. The zero-order valence-electron chi connectivity index (χ0n) is 16.0. The third-order valence-electron chi connectivity index (χ3n) is 3.72. The molecular weight excluding hydrogens is 508 g/mol. The van der Waals surface area contributed by atoms with Crippen LogP contribution in [0.4, 0.5) is 4.39 Å². The molecule has 0 radical (unpaired) electrons. The summed E-state index contributed by atoms with van der Waals surface area (Å²) in [6.07, 6.45) is 1.18. The molecule has 0 bridgehead atoms. The van der Waals surface area contributed by atoms with E-state index in [2.05, 4.69) is 15.6 Å². The molecule has 156 valence electrons. The predicted molar refractivity (Wildman–Crippen MR) is 120 cm³/mol. The Kier molecular flexibility index (Phi) is 11.7. The van der Waals surface area contributed by atoms with Gasteiger partial charge in [0.2, 0.25) is 0 Å². The van der Waals surface area contributed by atoms with Crippen LogP contribution in [0.1, 0.15) is 19.4 Å². The number of hydrogen-bond acceptors (Lipinski definition) is 4. The molecule has 10 heteroatoms. The lowest BCUT2D eigenvalue weighted by Gasteiger charge is -2.27. The number of halogens is 3. The van der Waals surface area contributed by atoms with Gasteiger partial charge in [0.25, 0.3) is 0 Å². The first kappa shape index (κ1) is 26.4. The standard InChI is InChI=1S/C17H27ClFN3O3S.HI/c1-17(2,14-6-5-13(19)11-15(14)18)12-22-16(20-3)21-7-8-25-9-10-26(4,23)24;/h5-6,11H,7-10,12H2,1-4H3,(H2,20,21,22);1H. The van der Waals surface area contributed by atoms with E-state index in [9.17, 15) is 12.8 Å². The number of nitrogens with zero attached hydrogens (tertiary/aromatic N) is 1. The molecule has 6 nitrogen and oxygen atoms in total. The maximum atomic E-state index is 13.2. The molecule has 1 aromatic carbocycles. The van der Waals surface area contributed by atoms with Crippen LogP contribution in [0.25, 0.3) is 0 Å². The number of rotatable bonds is 9. The molecule has 0 unspecified atom stereocenters. The molecule has 0 atom stereocenters. The molecule has 2 N–H and O–H groups in total. The van der Waals surface area contributed by atoms with Crippen LogP contribution in [0.2, 0.25) is 5.02 Å². The molecule has 0 amide bonds. The Labute approximate surface area is 183 Å². The number of sulfone groups is 1. The van der Waals surface area contributed by atoms with Gasteiger partial charge in [-0.2, -0.15) is 0 Å². The first-order chi connectivity index (χ1) is 12.0. The topological polar surface area (TPSA) is 79.8 Å². The van der Waals surface area contributed by atoms with Gasteiger partial charge in [-0.1, -0.05) is 31.5 Å². The van der Waals surface area contributed by atoms with Crippen LogP contribution in [0.5, 0.6) is 0 Å². The van der Waals surface area contributed by atoms with Crippen molar-refractivity contribution in [1.82, 2.24) is 10.6 Å². The van der Waals surface area contributed by atoms with Crippen molar-refractivity contribution in [2.45, 2.75) is 19.3 Å². The number of hydrogen-bond donors (Lipinski definition) is 2. The summed E-state index contributed by atoms with van der Waals surface area (Å²) in [6, 6.07) is 4.38. The quantitative estimate of drug-likeness (QED) is 0.220. The number of guanidine groups is 1. The Balaban J connectivity index is 0.00000676. The Morgan fingerprint density at radius 2 is 1.96 bits per heavy atom. The van der Waals surface area contributed by atoms with Gasteiger partial charge >= 0.3 is 0 Å². The lowest BCUT2D eigenvalue weighted by atomic mass is 9.84. The normalized spacial score (nSPS) is 12.4. The molecule has 1 aromatic rings. The summed E-state index contributed by atoms with van der Waals surface area (Å²) in [6.45, 7) is 5.56. The summed E-state index contributed by atoms with van der Waals surface area (Å²) in [5, 5.41) is 6.67. The second-order valence-corrected chi connectivity index (χ2v) is 9.27.